The van der Waals surface area contributed by atoms with Crippen LogP contribution >= 0.6 is 0 Å². The first-order valence-electron chi connectivity index (χ1n) is 9.32. The van der Waals surface area contributed by atoms with Gasteiger partial charge in [0.2, 0.25) is 11.8 Å². The molecule has 0 spiro atoms. The highest BCUT2D eigenvalue weighted by molar-refractivity contribution is 5.64. The van der Waals surface area contributed by atoms with Crippen LogP contribution in [-0.2, 0) is 0 Å². The Bertz CT molecular complexity index is 1150. The minimum absolute atomic E-state index is 0.117. The van der Waals surface area contributed by atoms with E-state index in [1.54, 1.807) is 24.3 Å². The largest absolute Gasteiger partial charge is 0.439 e. The Morgan fingerprint density at radius 1 is 1.07 bits per heavy atom. The maximum absolute atomic E-state index is 13.1. The van der Waals surface area contributed by atoms with Crippen molar-refractivity contribution in [3.8, 4) is 28.8 Å². The van der Waals surface area contributed by atoms with Gasteiger partial charge in [0.1, 0.15) is 17.4 Å². The summed E-state index contributed by atoms with van der Waals surface area (Å²) >= 11 is 0. The molecule has 3 aromatic rings. The minimum atomic E-state index is -0.270. The van der Waals surface area contributed by atoms with Crippen molar-refractivity contribution in [2.24, 2.45) is 5.92 Å². The molecular formula is C23H18FN5O. The van der Waals surface area contributed by atoms with E-state index in [9.17, 15) is 4.39 Å². The van der Waals surface area contributed by atoms with Gasteiger partial charge in [0.15, 0.2) is 0 Å². The smallest absolute Gasteiger partial charge is 0.232 e. The maximum Gasteiger partial charge on any atom is 0.232 e. The number of hydrogen-bond acceptors (Lipinski definition) is 6. The third-order valence-corrected chi connectivity index (χ3v) is 4.50. The van der Waals surface area contributed by atoms with Crippen molar-refractivity contribution in [2.45, 2.75) is 6.42 Å². The second kappa shape index (κ2) is 8.45. The normalized spacial score (nSPS) is 15.2. The number of nitrogens with zero attached hydrogens (tertiary/aromatic N) is 3. The van der Waals surface area contributed by atoms with Crippen molar-refractivity contribution in [2.75, 3.05) is 11.1 Å². The molecule has 4 rings (SSSR count). The molecule has 0 saturated carbocycles. The number of hydrogen-bond donors (Lipinski definition) is 2. The van der Waals surface area contributed by atoms with Crippen LogP contribution in [0.3, 0.4) is 0 Å². The fourth-order valence-electron chi connectivity index (χ4n) is 2.97. The monoisotopic (exact) mass is 399 g/mol. The minimum Gasteiger partial charge on any atom is -0.439 e. The van der Waals surface area contributed by atoms with E-state index in [-0.39, 0.29) is 17.6 Å². The maximum atomic E-state index is 13.1. The average Bonchev–Trinajstić information content (AvgIpc) is 2.75. The fourth-order valence-corrected chi connectivity index (χ4v) is 2.97. The third kappa shape index (κ3) is 4.62. The van der Waals surface area contributed by atoms with Crippen molar-refractivity contribution in [3.63, 3.8) is 0 Å². The first-order chi connectivity index (χ1) is 14.6. The van der Waals surface area contributed by atoms with E-state index in [0.717, 1.165) is 16.8 Å². The molecule has 0 radical (unpaired) electrons. The average molecular weight is 399 g/mol. The van der Waals surface area contributed by atoms with E-state index in [0.29, 0.717) is 24.0 Å². The molecule has 30 heavy (non-hydrogen) atoms. The zero-order valence-electron chi connectivity index (χ0n) is 15.9. The van der Waals surface area contributed by atoms with Gasteiger partial charge in [-0.1, -0.05) is 36.4 Å². The number of allylic oxidation sites excluding steroid dienone is 3. The predicted octanol–water partition coefficient (Wildman–Crippen LogP) is 5.05. The van der Waals surface area contributed by atoms with Gasteiger partial charge in [0.05, 0.1) is 12.0 Å². The molecule has 1 heterocycles. The molecule has 7 heteroatoms. The molecule has 0 saturated heterocycles. The molecule has 1 aliphatic rings. The molecule has 2 aromatic carbocycles. The van der Waals surface area contributed by atoms with E-state index >= 15 is 0 Å². The lowest BCUT2D eigenvalue weighted by atomic mass is 10.0. The quantitative estimate of drug-likeness (QED) is 0.623. The number of nitrogens with one attached hydrogen (secondary N) is 1. The number of anilines is 2. The van der Waals surface area contributed by atoms with Gasteiger partial charge in [-0.05, 0) is 47.9 Å². The summed E-state index contributed by atoms with van der Waals surface area (Å²) in [5, 5.41) is 12.0. The lowest BCUT2D eigenvalue weighted by Gasteiger charge is -2.13. The Balaban J connectivity index is 1.47. The highest BCUT2D eigenvalue weighted by Crippen LogP contribution is 2.27. The van der Waals surface area contributed by atoms with Crippen LogP contribution in [0.4, 0.5) is 16.2 Å². The van der Waals surface area contributed by atoms with Crippen LogP contribution in [0.25, 0.3) is 11.1 Å². The summed E-state index contributed by atoms with van der Waals surface area (Å²) in [6.45, 7) is 0. The summed E-state index contributed by atoms with van der Waals surface area (Å²) < 4.78 is 18.9. The molecule has 6 nitrogen and oxygen atoms in total. The molecule has 0 bridgehead atoms. The highest BCUT2D eigenvalue weighted by Gasteiger charge is 2.10. The first kappa shape index (κ1) is 19.2. The van der Waals surface area contributed by atoms with Crippen LogP contribution in [0.1, 0.15) is 6.42 Å². The van der Waals surface area contributed by atoms with E-state index in [4.69, 9.17) is 15.7 Å². The predicted molar refractivity (Wildman–Crippen MR) is 113 cm³/mol. The standard InChI is InChI=1S/C23H18FN5O/c24-18-7-3-16(4-8-18)17-5-11-20(12-6-17)30-22-13-21(26)28-23(29-22)27-19-9-1-15(14-25)2-10-19/h1,3-13,15H,2H2,(H3,26,27,28,29). The number of aromatic nitrogens is 2. The molecule has 1 aromatic heterocycles. The second-order valence-corrected chi connectivity index (χ2v) is 6.70. The molecule has 3 N–H and O–H groups in total. The van der Waals surface area contributed by atoms with Crippen LogP contribution in [0.5, 0.6) is 11.6 Å². The summed E-state index contributed by atoms with van der Waals surface area (Å²) in [4.78, 5) is 8.52. The molecule has 1 unspecified atom stereocenters. The van der Waals surface area contributed by atoms with Crippen molar-refractivity contribution in [1.82, 2.24) is 9.97 Å². The highest BCUT2D eigenvalue weighted by atomic mass is 19.1. The SMILES string of the molecule is N#CC1C=CC(Nc2nc(N)cc(Oc3ccc(-c4ccc(F)cc4)cc3)n2)=CC1. The van der Waals surface area contributed by atoms with Gasteiger partial charge in [-0.3, -0.25) is 0 Å². The van der Waals surface area contributed by atoms with Crippen molar-refractivity contribution >= 4 is 11.8 Å². The Morgan fingerprint density at radius 2 is 1.77 bits per heavy atom. The van der Waals surface area contributed by atoms with E-state index in [1.165, 1.54) is 18.2 Å². The van der Waals surface area contributed by atoms with Gasteiger partial charge in [0, 0.05) is 11.8 Å². The van der Waals surface area contributed by atoms with Gasteiger partial charge < -0.3 is 15.8 Å². The Morgan fingerprint density at radius 3 is 2.40 bits per heavy atom. The molecular weight excluding hydrogens is 381 g/mol. The number of benzene rings is 2. The van der Waals surface area contributed by atoms with Crippen LogP contribution < -0.4 is 15.8 Å². The molecule has 1 atom stereocenters. The topological polar surface area (TPSA) is 96.9 Å². The van der Waals surface area contributed by atoms with Gasteiger partial charge in [-0.2, -0.15) is 15.2 Å². The number of nitrogens with two attached hydrogens (primary N) is 1. The summed E-state index contributed by atoms with van der Waals surface area (Å²) in [5.41, 5.74) is 8.54. The molecule has 148 valence electrons. The van der Waals surface area contributed by atoms with Crippen LogP contribution in [0.15, 0.2) is 78.5 Å². The number of nitrogen functional groups attached to an aromatic ring is 1. The summed E-state index contributed by atoms with van der Waals surface area (Å²) in [6, 6.07) is 17.4. The summed E-state index contributed by atoms with van der Waals surface area (Å²) in [6.07, 6.45) is 6.18. The zero-order chi connectivity index (χ0) is 20.9. The van der Waals surface area contributed by atoms with Crippen molar-refractivity contribution < 1.29 is 9.13 Å². The number of rotatable bonds is 5. The number of ether oxygens (including phenoxy) is 1. The first-order valence-corrected chi connectivity index (χ1v) is 9.32. The Labute approximate surface area is 173 Å². The van der Waals surface area contributed by atoms with Crippen LogP contribution in [0.2, 0.25) is 0 Å². The lowest BCUT2D eigenvalue weighted by molar-refractivity contribution is 0.463. The van der Waals surface area contributed by atoms with Gasteiger partial charge >= 0.3 is 0 Å². The van der Waals surface area contributed by atoms with Gasteiger partial charge in [-0.25, -0.2) is 4.39 Å². The van der Waals surface area contributed by atoms with Gasteiger partial charge in [-0.15, -0.1) is 0 Å². The zero-order valence-corrected chi connectivity index (χ0v) is 15.9. The van der Waals surface area contributed by atoms with E-state index in [1.807, 2.05) is 30.4 Å². The molecule has 1 aliphatic carbocycles. The number of nitriles is 1. The van der Waals surface area contributed by atoms with Gasteiger partial charge in [0.25, 0.3) is 0 Å². The molecule has 0 aliphatic heterocycles. The Kier molecular flexibility index (Phi) is 5.39. The summed E-state index contributed by atoms with van der Waals surface area (Å²) in [7, 11) is 0. The van der Waals surface area contributed by atoms with Crippen molar-refractivity contribution in [3.05, 3.63) is 84.3 Å². The molecule has 0 fully saturated rings. The second-order valence-electron chi connectivity index (χ2n) is 6.70. The third-order valence-electron chi connectivity index (χ3n) is 4.50. The van der Waals surface area contributed by atoms with Crippen molar-refractivity contribution in [1.29, 1.82) is 5.26 Å². The molecule has 0 amide bonds. The lowest BCUT2D eigenvalue weighted by Crippen LogP contribution is -2.08. The Hall–Kier alpha value is -4.18. The van der Waals surface area contributed by atoms with E-state index in [2.05, 4.69) is 21.4 Å². The summed E-state index contributed by atoms with van der Waals surface area (Å²) in [5.74, 6) is 1.07. The van der Waals surface area contributed by atoms with E-state index < -0.39 is 0 Å². The fraction of sp³-hybridized carbons (Fsp3) is 0.0870. The van der Waals surface area contributed by atoms with Crippen LogP contribution in [0, 0.1) is 23.1 Å². The van der Waals surface area contributed by atoms with Crippen LogP contribution in [-0.4, -0.2) is 9.97 Å². The number of halogens is 1.